The van der Waals surface area contributed by atoms with Crippen molar-refractivity contribution in [3.05, 3.63) is 64.7 Å². The Morgan fingerprint density at radius 3 is 2.52 bits per heavy atom. The molecule has 142 valence electrons. The minimum atomic E-state index is -0.639. The van der Waals surface area contributed by atoms with E-state index in [-0.39, 0.29) is 11.8 Å². The molecule has 0 spiro atoms. The molecule has 1 unspecified atom stereocenters. The van der Waals surface area contributed by atoms with Crippen molar-refractivity contribution in [2.24, 2.45) is 0 Å². The largest absolute Gasteiger partial charge is 0.481 e. The van der Waals surface area contributed by atoms with Crippen molar-refractivity contribution < 1.29 is 14.3 Å². The molecule has 0 aliphatic carbocycles. The molecule has 6 heteroatoms. The van der Waals surface area contributed by atoms with Gasteiger partial charge in [-0.05, 0) is 55.7 Å². The van der Waals surface area contributed by atoms with Gasteiger partial charge in [-0.1, -0.05) is 29.8 Å². The normalized spacial score (nSPS) is 14.7. The van der Waals surface area contributed by atoms with Crippen LogP contribution in [0.3, 0.4) is 0 Å². The summed E-state index contributed by atoms with van der Waals surface area (Å²) in [7, 11) is 0. The second-order valence-corrected chi connectivity index (χ2v) is 7.07. The lowest BCUT2D eigenvalue weighted by Crippen LogP contribution is -2.35. The molecule has 1 fully saturated rings. The van der Waals surface area contributed by atoms with Gasteiger partial charge in [-0.15, -0.1) is 0 Å². The first-order valence-corrected chi connectivity index (χ1v) is 9.49. The highest BCUT2D eigenvalue weighted by Crippen LogP contribution is 2.18. The van der Waals surface area contributed by atoms with Crippen LogP contribution in [0.2, 0.25) is 5.02 Å². The molecule has 1 aliphatic heterocycles. The third-order valence-electron chi connectivity index (χ3n) is 4.54. The molecule has 1 N–H and O–H groups in total. The number of amides is 2. The molecule has 5 nitrogen and oxygen atoms in total. The summed E-state index contributed by atoms with van der Waals surface area (Å²) < 4.78 is 5.61. The second-order valence-electron chi connectivity index (χ2n) is 6.63. The molecule has 1 heterocycles. The number of halogens is 1. The molecule has 2 aromatic rings. The van der Waals surface area contributed by atoms with Crippen LogP contribution in [-0.4, -0.2) is 35.9 Å². The number of ether oxygens (including phenoxy) is 1. The summed E-state index contributed by atoms with van der Waals surface area (Å²) in [6, 6.07) is 14.3. The van der Waals surface area contributed by atoms with E-state index in [9.17, 15) is 9.59 Å². The van der Waals surface area contributed by atoms with Crippen LogP contribution in [0.25, 0.3) is 0 Å². The fourth-order valence-corrected chi connectivity index (χ4v) is 3.18. The third-order valence-corrected chi connectivity index (χ3v) is 4.77. The Labute approximate surface area is 164 Å². The van der Waals surface area contributed by atoms with Gasteiger partial charge in [0.25, 0.3) is 11.8 Å². The number of nitrogens with zero attached hydrogens (tertiary/aromatic N) is 1. The van der Waals surface area contributed by atoms with Crippen molar-refractivity contribution in [1.82, 2.24) is 10.2 Å². The Hall–Kier alpha value is -2.53. The number of rotatable bonds is 6. The maximum Gasteiger partial charge on any atom is 0.261 e. The van der Waals surface area contributed by atoms with Crippen LogP contribution in [0.5, 0.6) is 5.75 Å². The molecule has 0 aromatic heterocycles. The van der Waals surface area contributed by atoms with Crippen LogP contribution < -0.4 is 10.1 Å². The fraction of sp³-hybridized carbons (Fsp3) is 0.333. The predicted octanol–water partition coefficient (Wildman–Crippen LogP) is 3.66. The van der Waals surface area contributed by atoms with E-state index < -0.39 is 6.10 Å². The van der Waals surface area contributed by atoms with Crippen LogP contribution in [0.4, 0.5) is 0 Å². The fourth-order valence-electron chi connectivity index (χ4n) is 3.00. The molecule has 2 amide bonds. The summed E-state index contributed by atoms with van der Waals surface area (Å²) >= 11 is 5.92. The Bertz CT molecular complexity index is 801. The average Bonchev–Trinajstić information content (AvgIpc) is 3.20. The maximum atomic E-state index is 12.3. The molecule has 1 saturated heterocycles. The summed E-state index contributed by atoms with van der Waals surface area (Å²) in [5, 5.41) is 3.40. The van der Waals surface area contributed by atoms with Crippen LogP contribution in [0, 0.1) is 0 Å². The average molecular weight is 387 g/mol. The van der Waals surface area contributed by atoms with E-state index in [1.54, 1.807) is 31.2 Å². The van der Waals surface area contributed by atoms with E-state index >= 15 is 0 Å². The summed E-state index contributed by atoms with van der Waals surface area (Å²) in [5.74, 6) is 0.411. The number of carbonyl (C=O) groups is 2. The van der Waals surface area contributed by atoms with E-state index in [0.29, 0.717) is 22.9 Å². The minimum absolute atomic E-state index is 0.0756. The van der Waals surface area contributed by atoms with Gasteiger partial charge < -0.3 is 15.0 Å². The highest BCUT2D eigenvalue weighted by atomic mass is 35.5. The van der Waals surface area contributed by atoms with Crippen LogP contribution in [-0.2, 0) is 11.3 Å². The number of likely N-dealkylation sites (tertiary alicyclic amines) is 1. The van der Waals surface area contributed by atoms with Crippen molar-refractivity contribution >= 4 is 23.4 Å². The first-order chi connectivity index (χ1) is 13.0. The Morgan fingerprint density at radius 2 is 1.85 bits per heavy atom. The van der Waals surface area contributed by atoms with Gasteiger partial charge in [0.2, 0.25) is 0 Å². The zero-order valence-corrected chi connectivity index (χ0v) is 16.0. The van der Waals surface area contributed by atoms with Gasteiger partial charge in [0.05, 0.1) is 0 Å². The SMILES string of the molecule is CC(Oc1cccc(Cl)c1)C(=O)NCc1ccc(C(=O)N2CCCC2)cc1. The first kappa shape index (κ1) is 19.2. The quantitative estimate of drug-likeness (QED) is 0.824. The second kappa shape index (κ2) is 8.91. The van der Waals surface area contributed by atoms with Crippen LogP contribution in [0.1, 0.15) is 35.7 Å². The third kappa shape index (κ3) is 5.23. The topological polar surface area (TPSA) is 58.6 Å². The highest BCUT2D eigenvalue weighted by molar-refractivity contribution is 6.30. The van der Waals surface area contributed by atoms with Gasteiger partial charge in [0, 0.05) is 30.2 Å². The van der Waals surface area contributed by atoms with Gasteiger partial charge in [-0.25, -0.2) is 0 Å². The Morgan fingerprint density at radius 1 is 1.15 bits per heavy atom. The van der Waals surface area contributed by atoms with Crippen molar-refractivity contribution in [3.8, 4) is 5.75 Å². The number of carbonyl (C=O) groups excluding carboxylic acids is 2. The van der Waals surface area contributed by atoms with Crippen molar-refractivity contribution in [1.29, 1.82) is 0 Å². The van der Waals surface area contributed by atoms with Crippen LogP contribution >= 0.6 is 11.6 Å². The summed E-state index contributed by atoms with van der Waals surface area (Å²) in [4.78, 5) is 26.4. The molecule has 0 radical (unpaired) electrons. The maximum absolute atomic E-state index is 12.3. The van der Waals surface area contributed by atoms with Gasteiger partial charge in [0.15, 0.2) is 6.10 Å². The zero-order chi connectivity index (χ0) is 19.2. The van der Waals surface area contributed by atoms with Crippen molar-refractivity contribution in [2.45, 2.75) is 32.4 Å². The lowest BCUT2D eigenvalue weighted by molar-refractivity contribution is -0.127. The summed E-state index contributed by atoms with van der Waals surface area (Å²) in [5.41, 5.74) is 1.61. The summed E-state index contributed by atoms with van der Waals surface area (Å²) in [6.07, 6.45) is 1.51. The lowest BCUT2D eigenvalue weighted by atomic mass is 10.1. The number of hydrogen-bond acceptors (Lipinski definition) is 3. The zero-order valence-electron chi connectivity index (χ0n) is 15.3. The molecule has 3 rings (SSSR count). The lowest BCUT2D eigenvalue weighted by Gasteiger charge is -2.16. The van der Waals surface area contributed by atoms with Gasteiger partial charge in [-0.2, -0.15) is 0 Å². The van der Waals surface area contributed by atoms with Crippen LogP contribution in [0.15, 0.2) is 48.5 Å². The van der Waals surface area contributed by atoms with Gasteiger partial charge in [0.1, 0.15) is 5.75 Å². The number of nitrogens with one attached hydrogen (secondary N) is 1. The standard InChI is InChI=1S/C21H23ClN2O3/c1-15(27-19-6-4-5-18(22)13-19)20(25)23-14-16-7-9-17(10-8-16)21(26)24-11-2-3-12-24/h4-10,13,15H,2-3,11-12,14H2,1H3,(H,23,25). The molecule has 27 heavy (non-hydrogen) atoms. The highest BCUT2D eigenvalue weighted by Gasteiger charge is 2.19. The monoisotopic (exact) mass is 386 g/mol. The molecule has 1 aliphatic rings. The minimum Gasteiger partial charge on any atom is -0.481 e. The van der Waals surface area contributed by atoms with Gasteiger partial charge >= 0.3 is 0 Å². The van der Waals surface area contributed by atoms with E-state index in [1.807, 2.05) is 29.2 Å². The van der Waals surface area contributed by atoms with E-state index in [2.05, 4.69) is 5.32 Å². The Kier molecular flexibility index (Phi) is 6.35. The molecular weight excluding hydrogens is 364 g/mol. The molecule has 0 saturated carbocycles. The van der Waals surface area contributed by atoms with E-state index in [4.69, 9.17) is 16.3 Å². The van der Waals surface area contributed by atoms with Gasteiger partial charge in [-0.3, -0.25) is 9.59 Å². The molecule has 0 bridgehead atoms. The van der Waals surface area contributed by atoms with Crippen molar-refractivity contribution in [3.63, 3.8) is 0 Å². The molecular formula is C21H23ClN2O3. The molecule has 2 aromatic carbocycles. The van der Waals surface area contributed by atoms with Crippen molar-refractivity contribution in [2.75, 3.05) is 13.1 Å². The van der Waals surface area contributed by atoms with E-state index in [1.165, 1.54) is 0 Å². The summed E-state index contributed by atoms with van der Waals surface area (Å²) in [6.45, 7) is 3.73. The Balaban J connectivity index is 1.50. The van der Waals surface area contributed by atoms with E-state index in [0.717, 1.165) is 31.5 Å². The predicted molar refractivity (Wildman–Crippen MR) is 105 cm³/mol. The number of benzene rings is 2. The number of hydrogen-bond donors (Lipinski definition) is 1. The molecule has 1 atom stereocenters. The smallest absolute Gasteiger partial charge is 0.261 e. The first-order valence-electron chi connectivity index (χ1n) is 9.11.